The first-order valence-electron chi connectivity index (χ1n) is 15.6. The van der Waals surface area contributed by atoms with E-state index in [9.17, 15) is 0 Å². The molecule has 7 rings (SSSR count). The first-order valence-corrected chi connectivity index (χ1v) is 15.6. The molecular weight excluding hydrogens is 744 g/mol. The molecule has 0 bridgehead atoms. The van der Waals surface area contributed by atoms with Crippen LogP contribution >= 0.6 is 0 Å². The number of rotatable bonds is 4. The molecular formula is C41H38N4Pt. The van der Waals surface area contributed by atoms with Gasteiger partial charge < -0.3 is 0 Å². The average molecular weight is 782 g/mol. The fourth-order valence-corrected chi connectivity index (χ4v) is 6.54. The van der Waals surface area contributed by atoms with E-state index in [2.05, 4.69) is 112 Å². The molecule has 6 aromatic rings. The van der Waals surface area contributed by atoms with Gasteiger partial charge in [0, 0.05) is 33.5 Å². The third-order valence-electron chi connectivity index (χ3n) is 8.99. The quantitative estimate of drug-likeness (QED) is 0.179. The van der Waals surface area contributed by atoms with Crippen molar-refractivity contribution in [3.05, 3.63) is 155 Å². The van der Waals surface area contributed by atoms with Gasteiger partial charge in [-0.1, -0.05) is 102 Å². The number of nitrogens with zero attached hydrogens (tertiary/aromatic N) is 4. The van der Waals surface area contributed by atoms with Crippen LogP contribution in [0, 0.1) is 0 Å². The number of hydrogen-bond donors (Lipinski definition) is 0. The van der Waals surface area contributed by atoms with Gasteiger partial charge in [-0.2, -0.15) is 0 Å². The molecule has 0 spiro atoms. The molecule has 0 aliphatic heterocycles. The molecule has 0 saturated carbocycles. The molecule has 4 heterocycles. The van der Waals surface area contributed by atoms with Gasteiger partial charge in [0.1, 0.15) is 5.41 Å². The Kier molecular flexibility index (Phi) is 8.15. The third kappa shape index (κ3) is 5.33. The van der Waals surface area contributed by atoms with Crippen LogP contribution < -0.4 is 0 Å². The maximum Gasteiger partial charge on any atom is 0.106 e. The van der Waals surface area contributed by atoms with Gasteiger partial charge in [0.25, 0.3) is 0 Å². The van der Waals surface area contributed by atoms with E-state index in [-0.39, 0.29) is 31.9 Å². The van der Waals surface area contributed by atoms with E-state index in [1.54, 1.807) is 0 Å². The van der Waals surface area contributed by atoms with Crippen LogP contribution in [0.3, 0.4) is 0 Å². The Bertz CT molecular complexity index is 1870. The molecule has 0 fully saturated rings. The van der Waals surface area contributed by atoms with Gasteiger partial charge in [0.05, 0.1) is 34.2 Å². The van der Waals surface area contributed by atoms with Crippen molar-refractivity contribution in [3.63, 3.8) is 0 Å². The fourth-order valence-electron chi connectivity index (χ4n) is 6.54. The summed E-state index contributed by atoms with van der Waals surface area (Å²) in [5, 5.41) is 0. The number of pyridine rings is 4. The van der Waals surface area contributed by atoms with Gasteiger partial charge in [0.15, 0.2) is 0 Å². The second kappa shape index (κ2) is 11.8. The summed E-state index contributed by atoms with van der Waals surface area (Å²) in [5.74, 6) is 0. The zero-order valence-corrected chi connectivity index (χ0v) is 29.4. The zero-order valence-electron chi connectivity index (χ0n) is 27.2. The normalized spacial score (nSPS) is 13.4. The monoisotopic (exact) mass is 781 g/mol. The fraction of sp³-hybridized carbons (Fsp3) is 0.220. The van der Waals surface area contributed by atoms with Crippen molar-refractivity contribution in [2.24, 2.45) is 0 Å². The molecule has 0 atom stereocenters. The molecule has 4 aromatic heterocycles. The van der Waals surface area contributed by atoms with E-state index in [1.807, 2.05) is 60.9 Å². The van der Waals surface area contributed by atoms with Gasteiger partial charge in [-0.25, -0.2) is 9.97 Å². The molecule has 1 aliphatic rings. The van der Waals surface area contributed by atoms with Crippen molar-refractivity contribution < 1.29 is 21.1 Å². The maximum atomic E-state index is 5.44. The minimum atomic E-state index is -0.775. The smallest absolute Gasteiger partial charge is 0.106 e. The molecule has 46 heavy (non-hydrogen) atoms. The van der Waals surface area contributed by atoms with Crippen LogP contribution in [0.5, 0.6) is 0 Å². The van der Waals surface area contributed by atoms with E-state index in [0.717, 1.165) is 34.2 Å². The van der Waals surface area contributed by atoms with E-state index >= 15 is 0 Å². The summed E-state index contributed by atoms with van der Waals surface area (Å²) in [4.78, 5) is 20.2. The average Bonchev–Trinajstić information content (AvgIpc) is 3.35. The van der Waals surface area contributed by atoms with Crippen molar-refractivity contribution in [2.45, 2.75) is 57.8 Å². The molecule has 0 saturated heterocycles. The van der Waals surface area contributed by atoms with Crippen LogP contribution in [-0.4, -0.2) is 19.9 Å². The summed E-state index contributed by atoms with van der Waals surface area (Å²) >= 11 is 0. The molecule has 5 heteroatoms. The molecule has 0 radical (unpaired) electrons. The first kappa shape index (κ1) is 31.7. The van der Waals surface area contributed by atoms with Gasteiger partial charge in [-0.05, 0) is 92.7 Å². The van der Waals surface area contributed by atoms with Gasteiger partial charge in [0.2, 0.25) is 0 Å². The molecule has 232 valence electrons. The second-order valence-corrected chi connectivity index (χ2v) is 14.0. The summed E-state index contributed by atoms with van der Waals surface area (Å²) in [6.07, 6.45) is 3.64. The van der Waals surface area contributed by atoms with Crippen molar-refractivity contribution in [3.8, 4) is 33.9 Å². The molecule has 0 unspecified atom stereocenters. The summed E-state index contributed by atoms with van der Waals surface area (Å²) in [6, 6.07) is 38.5. The van der Waals surface area contributed by atoms with Crippen molar-refractivity contribution in [1.82, 2.24) is 19.9 Å². The van der Waals surface area contributed by atoms with Crippen LogP contribution in [-0.2, 0) is 37.3 Å². The van der Waals surface area contributed by atoms with Crippen LogP contribution in [0.4, 0.5) is 0 Å². The largest absolute Gasteiger partial charge is 0.255 e. The van der Waals surface area contributed by atoms with E-state index < -0.39 is 5.41 Å². The van der Waals surface area contributed by atoms with E-state index in [1.165, 1.54) is 33.4 Å². The van der Waals surface area contributed by atoms with Gasteiger partial charge in [-0.3, -0.25) is 9.97 Å². The van der Waals surface area contributed by atoms with Crippen LogP contribution in [0.25, 0.3) is 33.9 Å². The predicted octanol–water partition coefficient (Wildman–Crippen LogP) is 9.56. The van der Waals surface area contributed by atoms with Crippen LogP contribution in [0.2, 0.25) is 0 Å². The second-order valence-electron chi connectivity index (χ2n) is 14.0. The zero-order chi connectivity index (χ0) is 31.4. The topological polar surface area (TPSA) is 51.6 Å². The maximum absolute atomic E-state index is 5.44. The Hall–Kier alpha value is -4.27. The van der Waals surface area contributed by atoms with Crippen molar-refractivity contribution >= 4 is 0 Å². The first-order chi connectivity index (χ1) is 21.6. The predicted molar refractivity (Wildman–Crippen MR) is 183 cm³/mol. The number of hydrogen-bond acceptors (Lipinski definition) is 4. The Morgan fingerprint density at radius 3 is 1.24 bits per heavy atom. The number of aromatic nitrogens is 4. The van der Waals surface area contributed by atoms with Crippen LogP contribution in [0.1, 0.15) is 75.2 Å². The van der Waals surface area contributed by atoms with Crippen molar-refractivity contribution in [2.75, 3.05) is 0 Å². The van der Waals surface area contributed by atoms with E-state index in [0.29, 0.717) is 0 Å². The molecule has 4 nitrogen and oxygen atoms in total. The molecule has 0 amide bonds. The van der Waals surface area contributed by atoms with Gasteiger partial charge in [-0.15, -0.1) is 0 Å². The summed E-state index contributed by atoms with van der Waals surface area (Å²) < 4.78 is 0. The minimum absolute atomic E-state index is 0. The summed E-state index contributed by atoms with van der Waals surface area (Å²) in [7, 11) is 0. The number of benzene rings is 2. The third-order valence-corrected chi connectivity index (χ3v) is 8.99. The van der Waals surface area contributed by atoms with Crippen molar-refractivity contribution in [1.29, 1.82) is 0 Å². The Labute approximate surface area is 286 Å². The molecule has 2 aromatic carbocycles. The summed E-state index contributed by atoms with van der Waals surface area (Å²) in [5.41, 5.74) is 11.7. The molecule has 0 N–H and O–H groups in total. The standard InChI is InChI=1S/C41H38N4.Pt/c1-39(2,3)27-19-21-29-30-22-20-28(40(4,5)6)26-32(30)41(31(29)25-27,37-17-11-15-35(44-37)33-13-7-9-23-42-33)38-18-12-16-36(45-38)34-14-8-10-24-43-34;/h7-26H,1-6H3;. The Morgan fingerprint density at radius 1 is 0.457 bits per heavy atom. The van der Waals surface area contributed by atoms with Gasteiger partial charge >= 0.3 is 0 Å². The van der Waals surface area contributed by atoms with E-state index in [4.69, 9.17) is 9.97 Å². The Morgan fingerprint density at radius 2 is 0.870 bits per heavy atom. The molecule has 1 aliphatic carbocycles. The van der Waals surface area contributed by atoms with Crippen LogP contribution in [0.15, 0.2) is 122 Å². The minimum Gasteiger partial charge on any atom is -0.255 e. The Balaban J connectivity index is 0.00000372. The SMILES string of the molecule is CC(C)(C)c1ccc2c(c1)C(c1cccc(-c3ccccn3)n1)(c1cccc(-c3ccccn3)n1)c1cc(C(C)(C)C)ccc1-2.[Pt]. The summed E-state index contributed by atoms with van der Waals surface area (Å²) in [6.45, 7) is 13.6. The number of fused-ring (bicyclic) bond motifs is 3.